The number of hydrogen-bond acceptors (Lipinski definition) is 4. The van der Waals surface area contributed by atoms with Gasteiger partial charge in [-0.05, 0) is 12.8 Å². The summed E-state index contributed by atoms with van der Waals surface area (Å²) < 4.78 is 42.7. The first-order valence-corrected chi connectivity index (χ1v) is 8.27. The second kappa shape index (κ2) is 7.77. The van der Waals surface area contributed by atoms with Gasteiger partial charge in [0.15, 0.2) is 0 Å². The summed E-state index contributed by atoms with van der Waals surface area (Å²) in [5, 5.41) is 12.9. The summed E-state index contributed by atoms with van der Waals surface area (Å²) in [5.41, 5.74) is -1.05. The summed E-state index contributed by atoms with van der Waals surface area (Å²) >= 11 is 0. The molecule has 0 saturated carbocycles. The Morgan fingerprint density at radius 3 is 2.68 bits per heavy atom. The number of alkyl halides is 3. The minimum atomic E-state index is -4.47. The van der Waals surface area contributed by atoms with Crippen LogP contribution in [0.25, 0.3) is 0 Å². The van der Waals surface area contributed by atoms with E-state index in [1.54, 1.807) is 0 Å². The largest absolute Gasteiger partial charge is 0.406 e. The van der Waals surface area contributed by atoms with E-state index in [-0.39, 0.29) is 13.1 Å². The van der Waals surface area contributed by atoms with E-state index in [0.717, 1.165) is 4.90 Å². The normalized spacial score (nSPS) is 24.1. The number of nitrogens with one attached hydrogen (secondary N) is 1. The minimum absolute atomic E-state index is 0.0281. The van der Waals surface area contributed by atoms with Gasteiger partial charge in [0.1, 0.15) is 12.6 Å². The number of halogens is 3. The maximum atomic E-state index is 12.5. The lowest BCUT2D eigenvalue weighted by atomic mass is 9.94. The van der Waals surface area contributed by atoms with Gasteiger partial charge in [0, 0.05) is 39.6 Å². The molecule has 25 heavy (non-hydrogen) atoms. The molecule has 2 heterocycles. The van der Waals surface area contributed by atoms with Crippen LogP contribution in [-0.2, 0) is 9.53 Å². The lowest BCUT2D eigenvalue weighted by molar-refractivity contribution is -0.164. The zero-order valence-electron chi connectivity index (χ0n) is 14.1. The number of amides is 3. The minimum Gasteiger partial charge on any atom is -0.388 e. The molecule has 10 heteroatoms. The Kier molecular flexibility index (Phi) is 6.15. The molecule has 1 atom stereocenters. The Balaban J connectivity index is 1.89. The van der Waals surface area contributed by atoms with Crippen molar-refractivity contribution in [1.82, 2.24) is 15.1 Å². The van der Waals surface area contributed by atoms with Gasteiger partial charge in [-0.2, -0.15) is 13.2 Å². The Bertz CT molecular complexity index is 495. The molecule has 2 fully saturated rings. The fourth-order valence-electron chi connectivity index (χ4n) is 3.13. The fraction of sp³-hybridized carbons (Fsp3) is 0.867. The number of piperidine rings is 1. The predicted molar refractivity (Wildman–Crippen MR) is 81.8 cm³/mol. The van der Waals surface area contributed by atoms with Crippen LogP contribution in [0.4, 0.5) is 18.0 Å². The van der Waals surface area contributed by atoms with Crippen LogP contribution in [0.5, 0.6) is 0 Å². The van der Waals surface area contributed by atoms with E-state index in [1.807, 2.05) is 0 Å². The highest BCUT2D eigenvalue weighted by molar-refractivity contribution is 5.87. The van der Waals surface area contributed by atoms with Crippen molar-refractivity contribution in [3.63, 3.8) is 0 Å². The first-order valence-electron chi connectivity index (χ1n) is 8.27. The molecule has 0 aromatic rings. The number of carbonyl (C=O) groups is 2. The van der Waals surface area contributed by atoms with Crippen molar-refractivity contribution in [3.05, 3.63) is 0 Å². The Morgan fingerprint density at radius 2 is 2.08 bits per heavy atom. The summed E-state index contributed by atoms with van der Waals surface area (Å²) in [6, 6.07) is -1.57. The molecule has 144 valence electrons. The van der Waals surface area contributed by atoms with Gasteiger partial charge in [0.25, 0.3) is 0 Å². The fourth-order valence-corrected chi connectivity index (χ4v) is 3.13. The summed E-state index contributed by atoms with van der Waals surface area (Å²) in [6.07, 6.45) is -2.99. The van der Waals surface area contributed by atoms with Gasteiger partial charge in [-0.15, -0.1) is 0 Å². The molecule has 0 aromatic heterocycles. The van der Waals surface area contributed by atoms with Crippen LogP contribution in [0.2, 0.25) is 0 Å². The average Bonchev–Trinajstić information content (AvgIpc) is 2.50. The summed E-state index contributed by atoms with van der Waals surface area (Å²) in [7, 11) is 1.48. The first kappa shape index (κ1) is 19.8. The number of likely N-dealkylation sites (tertiary alicyclic amines) is 1. The van der Waals surface area contributed by atoms with Crippen LogP contribution in [0, 0.1) is 0 Å². The molecule has 0 spiro atoms. The van der Waals surface area contributed by atoms with E-state index in [9.17, 15) is 27.9 Å². The monoisotopic (exact) mass is 367 g/mol. The lowest BCUT2D eigenvalue weighted by Crippen LogP contribution is -2.57. The number of aliphatic hydroxyl groups is 1. The van der Waals surface area contributed by atoms with E-state index < -0.39 is 36.3 Å². The standard InChI is InChI=1S/C15H24F3N3O4/c1-20(9-14(24)4-7-25-8-5-14)13(23)19-11-3-2-6-21(12(11)22)10-15(16,17)18/h11,24H,2-10H2,1H3,(H,19,23). The highest BCUT2D eigenvalue weighted by atomic mass is 19.4. The van der Waals surface area contributed by atoms with Crippen molar-refractivity contribution in [2.24, 2.45) is 0 Å². The van der Waals surface area contributed by atoms with Crippen molar-refractivity contribution in [2.75, 3.05) is 39.9 Å². The van der Waals surface area contributed by atoms with Crippen LogP contribution in [-0.4, -0.2) is 84.6 Å². The maximum Gasteiger partial charge on any atom is 0.406 e. The van der Waals surface area contributed by atoms with Gasteiger partial charge in [-0.1, -0.05) is 0 Å². The molecule has 0 radical (unpaired) electrons. The third kappa shape index (κ3) is 5.74. The number of carbonyl (C=O) groups excluding carboxylic acids is 2. The third-order valence-electron chi connectivity index (χ3n) is 4.50. The zero-order valence-corrected chi connectivity index (χ0v) is 14.1. The number of urea groups is 1. The number of nitrogens with zero attached hydrogens (tertiary/aromatic N) is 2. The molecule has 1 unspecified atom stereocenters. The molecule has 2 aliphatic heterocycles. The predicted octanol–water partition coefficient (Wildman–Crippen LogP) is 0.723. The quantitative estimate of drug-likeness (QED) is 0.767. The van der Waals surface area contributed by atoms with Gasteiger partial charge < -0.3 is 25.0 Å². The second-order valence-corrected chi connectivity index (χ2v) is 6.71. The van der Waals surface area contributed by atoms with Crippen molar-refractivity contribution < 1.29 is 32.6 Å². The molecule has 2 rings (SSSR count). The topological polar surface area (TPSA) is 82.1 Å². The maximum absolute atomic E-state index is 12.5. The molecular formula is C15H24F3N3O4. The molecule has 3 amide bonds. The Hall–Kier alpha value is -1.55. The van der Waals surface area contributed by atoms with E-state index in [4.69, 9.17) is 4.74 Å². The lowest BCUT2D eigenvalue weighted by Gasteiger charge is -2.37. The van der Waals surface area contributed by atoms with E-state index in [0.29, 0.717) is 38.9 Å². The van der Waals surface area contributed by atoms with Gasteiger partial charge in [0.05, 0.1) is 12.1 Å². The molecule has 0 aromatic carbocycles. The van der Waals surface area contributed by atoms with E-state index in [1.165, 1.54) is 11.9 Å². The van der Waals surface area contributed by atoms with Gasteiger partial charge in [0.2, 0.25) is 5.91 Å². The molecule has 2 N–H and O–H groups in total. The smallest absolute Gasteiger partial charge is 0.388 e. The molecule has 2 saturated heterocycles. The van der Waals surface area contributed by atoms with Crippen molar-refractivity contribution >= 4 is 11.9 Å². The highest BCUT2D eigenvalue weighted by Gasteiger charge is 2.38. The van der Waals surface area contributed by atoms with Crippen LogP contribution in [0.3, 0.4) is 0 Å². The van der Waals surface area contributed by atoms with Crippen LogP contribution >= 0.6 is 0 Å². The number of rotatable bonds is 4. The van der Waals surface area contributed by atoms with Crippen molar-refractivity contribution in [1.29, 1.82) is 0 Å². The first-order chi connectivity index (χ1) is 11.6. The van der Waals surface area contributed by atoms with Crippen LogP contribution in [0.15, 0.2) is 0 Å². The molecule has 2 aliphatic rings. The Labute approximate surface area is 144 Å². The van der Waals surface area contributed by atoms with E-state index in [2.05, 4.69) is 5.32 Å². The summed E-state index contributed by atoms with van der Waals surface area (Å²) in [5.74, 6) is -0.727. The number of likely N-dealkylation sites (N-methyl/N-ethyl adjacent to an activating group) is 1. The van der Waals surface area contributed by atoms with Gasteiger partial charge >= 0.3 is 12.2 Å². The van der Waals surface area contributed by atoms with Crippen LogP contribution < -0.4 is 5.32 Å². The van der Waals surface area contributed by atoms with Crippen molar-refractivity contribution in [2.45, 2.75) is 43.5 Å². The molecule has 0 bridgehead atoms. The SMILES string of the molecule is CN(CC1(O)CCOCC1)C(=O)NC1CCCN(CC(F)(F)F)C1=O. The van der Waals surface area contributed by atoms with Crippen molar-refractivity contribution in [3.8, 4) is 0 Å². The highest BCUT2D eigenvalue weighted by Crippen LogP contribution is 2.22. The second-order valence-electron chi connectivity index (χ2n) is 6.71. The third-order valence-corrected chi connectivity index (χ3v) is 4.50. The summed E-state index contributed by atoms with van der Waals surface area (Å²) in [6.45, 7) is -0.414. The van der Waals surface area contributed by atoms with Crippen LogP contribution in [0.1, 0.15) is 25.7 Å². The van der Waals surface area contributed by atoms with E-state index >= 15 is 0 Å². The number of ether oxygens (including phenoxy) is 1. The Morgan fingerprint density at radius 1 is 1.44 bits per heavy atom. The molecular weight excluding hydrogens is 343 g/mol. The zero-order chi connectivity index (χ0) is 18.7. The number of hydrogen-bond donors (Lipinski definition) is 2. The average molecular weight is 367 g/mol. The van der Waals surface area contributed by atoms with Gasteiger partial charge in [-0.3, -0.25) is 4.79 Å². The molecule has 0 aliphatic carbocycles. The summed E-state index contributed by atoms with van der Waals surface area (Å²) in [4.78, 5) is 26.4. The molecule has 7 nitrogen and oxygen atoms in total. The van der Waals surface area contributed by atoms with Gasteiger partial charge in [-0.25, -0.2) is 4.79 Å².